The highest BCUT2D eigenvalue weighted by molar-refractivity contribution is 6.28. The minimum Gasteiger partial charge on any atom is -0.454 e. The van der Waals surface area contributed by atoms with Gasteiger partial charge in [0.25, 0.3) is 0 Å². The molecule has 1 aliphatic carbocycles. The number of para-hydroxylation sites is 2. The Bertz CT molecular complexity index is 3300. The smallest absolute Gasteiger partial charge is 0.161 e. The Morgan fingerprint density at radius 2 is 1.13 bits per heavy atom. The summed E-state index contributed by atoms with van der Waals surface area (Å²) in [6.07, 6.45) is 0. The Kier molecular flexibility index (Phi) is 5.60. The summed E-state index contributed by atoms with van der Waals surface area (Å²) < 4.78 is 8.99. The summed E-state index contributed by atoms with van der Waals surface area (Å²) in [5.41, 5.74) is 15.7. The average Bonchev–Trinajstić information content (AvgIpc) is 3.82. The number of benzene rings is 9. The fourth-order valence-electron chi connectivity index (χ4n) is 9.75. The minimum atomic E-state index is -0.0439. The van der Waals surface area contributed by atoms with E-state index in [2.05, 4.69) is 176 Å². The number of rotatable bonds is 3. The largest absolute Gasteiger partial charge is 0.454 e. The van der Waals surface area contributed by atoms with Crippen LogP contribution in [0.2, 0.25) is 0 Å². The van der Waals surface area contributed by atoms with Gasteiger partial charge in [0.15, 0.2) is 5.58 Å². The maximum atomic E-state index is 6.64. The molecular formula is C51H33NO. The second-order valence-electron chi connectivity index (χ2n) is 15.2. The molecule has 0 aliphatic heterocycles. The number of nitrogens with zero attached hydrogens (tertiary/aromatic N) is 1. The summed E-state index contributed by atoms with van der Waals surface area (Å²) in [7, 11) is 0. The standard InChI is InChI=1S/C51H33NO/c1-51(2)42-16-8-6-13-39(42)48-36(15-10-17-43(48)51)35-25-20-31-21-26-37-34(24-19-30-22-27-38(35)47(31)46(30)37)32-23-28-44-41(29-32)50-49(40-14-7-9-18-45(40)53-50)52(44)33-11-4-3-5-12-33/h3-29H,1-2H3. The Morgan fingerprint density at radius 1 is 0.472 bits per heavy atom. The number of aromatic nitrogens is 1. The average molecular weight is 676 g/mol. The van der Waals surface area contributed by atoms with E-state index in [1.54, 1.807) is 0 Å². The Hall–Kier alpha value is -6.64. The number of furan rings is 1. The highest BCUT2D eigenvalue weighted by atomic mass is 16.3. The predicted octanol–water partition coefficient (Wildman–Crippen LogP) is 14.1. The van der Waals surface area contributed by atoms with Crippen LogP contribution in [0.4, 0.5) is 0 Å². The molecule has 11 aromatic rings. The van der Waals surface area contributed by atoms with Crippen molar-refractivity contribution in [3.8, 4) is 39.1 Å². The first-order chi connectivity index (χ1) is 26.1. The van der Waals surface area contributed by atoms with E-state index < -0.39 is 0 Å². The van der Waals surface area contributed by atoms with E-state index in [1.807, 2.05) is 6.07 Å². The van der Waals surface area contributed by atoms with E-state index in [-0.39, 0.29) is 5.41 Å². The van der Waals surface area contributed by atoms with Gasteiger partial charge in [-0.3, -0.25) is 0 Å². The van der Waals surface area contributed by atoms with Crippen molar-refractivity contribution in [3.63, 3.8) is 0 Å². The molecule has 0 saturated heterocycles. The molecule has 0 atom stereocenters. The molecule has 12 rings (SSSR count). The van der Waals surface area contributed by atoms with E-state index in [0.717, 1.165) is 38.7 Å². The zero-order chi connectivity index (χ0) is 35.0. The molecule has 0 N–H and O–H groups in total. The van der Waals surface area contributed by atoms with Gasteiger partial charge < -0.3 is 8.98 Å². The normalized spacial score (nSPS) is 13.6. The van der Waals surface area contributed by atoms with E-state index in [9.17, 15) is 0 Å². The van der Waals surface area contributed by atoms with Crippen LogP contribution in [0.5, 0.6) is 0 Å². The molecule has 0 bridgehead atoms. The lowest BCUT2D eigenvalue weighted by atomic mass is 9.81. The zero-order valence-corrected chi connectivity index (χ0v) is 29.4. The van der Waals surface area contributed by atoms with E-state index in [1.165, 1.54) is 76.8 Å². The van der Waals surface area contributed by atoms with E-state index in [4.69, 9.17) is 4.42 Å². The highest BCUT2D eigenvalue weighted by Crippen LogP contribution is 2.53. The first-order valence-electron chi connectivity index (χ1n) is 18.5. The molecular weight excluding hydrogens is 643 g/mol. The molecule has 9 aromatic carbocycles. The van der Waals surface area contributed by atoms with Gasteiger partial charge in [0.05, 0.1) is 5.52 Å². The first kappa shape index (κ1) is 29.0. The lowest BCUT2D eigenvalue weighted by Crippen LogP contribution is -2.14. The summed E-state index contributed by atoms with van der Waals surface area (Å²) in [4.78, 5) is 0. The Morgan fingerprint density at radius 3 is 1.96 bits per heavy atom. The fraction of sp³-hybridized carbons (Fsp3) is 0.0588. The molecule has 53 heavy (non-hydrogen) atoms. The van der Waals surface area contributed by atoms with Gasteiger partial charge in [-0.05, 0) is 113 Å². The molecule has 2 nitrogen and oxygen atoms in total. The Balaban J connectivity index is 1.10. The van der Waals surface area contributed by atoms with E-state index >= 15 is 0 Å². The molecule has 2 heteroatoms. The summed E-state index contributed by atoms with van der Waals surface area (Å²) >= 11 is 0. The summed E-state index contributed by atoms with van der Waals surface area (Å²) in [5.74, 6) is 0. The number of fused-ring (bicyclic) bond motifs is 8. The number of hydrogen-bond acceptors (Lipinski definition) is 1. The third-order valence-electron chi connectivity index (χ3n) is 12.2. The molecule has 0 saturated carbocycles. The van der Waals surface area contributed by atoms with Crippen molar-refractivity contribution in [2.75, 3.05) is 0 Å². The van der Waals surface area contributed by atoms with Gasteiger partial charge in [0, 0.05) is 21.9 Å². The summed E-state index contributed by atoms with van der Waals surface area (Å²) in [5, 5.41) is 10.00. The monoisotopic (exact) mass is 675 g/mol. The lowest BCUT2D eigenvalue weighted by Gasteiger charge is -2.22. The van der Waals surface area contributed by atoms with E-state index in [0.29, 0.717) is 0 Å². The second kappa shape index (κ2) is 10.2. The van der Waals surface area contributed by atoms with Crippen molar-refractivity contribution < 1.29 is 4.42 Å². The van der Waals surface area contributed by atoms with Crippen molar-refractivity contribution in [3.05, 3.63) is 175 Å². The van der Waals surface area contributed by atoms with Gasteiger partial charge in [-0.1, -0.05) is 141 Å². The van der Waals surface area contributed by atoms with Crippen LogP contribution in [-0.4, -0.2) is 4.57 Å². The van der Waals surface area contributed by atoms with Crippen LogP contribution in [0.1, 0.15) is 25.0 Å². The maximum absolute atomic E-state index is 6.64. The van der Waals surface area contributed by atoms with Crippen LogP contribution in [0, 0.1) is 0 Å². The third-order valence-corrected chi connectivity index (χ3v) is 12.2. The van der Waals surface area contributed by atoms with Gasteiger partial charge >= 0.3 is 0 Å². The molecule has 2 heterocycles. The summed E-state index contributed by atoms with van der Waals surface area (Å²) in [6.45, 7) is 4.72. The van der Waals surface area contributed by atoms with Crippen LogP contribution in [0.15, 0.2) is 168 Å². The van der Waals surface area contributed by atoms with Crippen molar-refractivity contribution in [1.29, 1.82) is 0 Å². The molecule has 0 amide bonds. The van der Waals surface area contributed by atoms with Crippen LogP contribution in [-0.2, 0) is 5.41 Å². The molecule has 0 unspecified atom stereocenters. The van der Waals surface area contributed by atoms with Crippen LogP contribution >= 0.6 is 0 Å². The zero-order valence-electron chi connectivity index (χ0n) is 29.4. The Labute approximate surface area is 306 Å². The van der Waals surface area contributed by atoms with Crippen molar-refractivity contribution in [1.82, 2.24) is 4.57 Å². The van der Waals surface area contributed by atoms with Gasteiger partial charge in [-0.25, -0.2) is 0 Å². The predicted molar refractivity (Wildman–Crippen MR) is 223 cm³/mol. The molecule has 1 aliphatic rings. The van der Waals surface area contributed by atoms with Gasteiger partial charge in [0.1, 0.15) is 11.1 Å². The van der Waals surface area contributed by atoms with Crippen LogP contribution in [0.25, 0.3) is 104 Å². The number of hydrogen-bond donors (Lipinski definition) is 0. The fourth-order valence-corrected chi connectivity index (χ4v) is 9.75. The van der Waals surface area contributed by atoms with Crippen molar-refractivity contribution >= 4 is 65.3 Å². The van der Waals surface area contributed by atoms with Crippen LogP contribution < -0.4 is 0 Å². The lowest BCUT2D eigenvalue weighted by molar-refractivity contribution is 0.660. The second-order valence-corrected chi connectivity index (χ2v) is 15.2. The molecule has 0 radical (unpaired) electrons. The highest BCUT2D eigenvalue weighted by Gasteiger charge is 2.36. The van der Waals surface area contributed by atoms with Gasteiger partial charge in [-0.2, -0.15) is 0 Å². The SMILES string of the molecule is CC1(C)c2ccccc2-c2c(-c3ccc4ccc5c(-c6ccc7c(c6)c6oc8ccccc8c6n7-c6ccccc6)ccc6ccc3c4c65)cccc21. The third kappa shape index (κ3) is 3.77. The quantitative estimate of drug-likeness (QED) is 0.171. The van der Waals surface area contributed by atoms with Gasteiger partial charge in [0.2, 0.25) is 0 Å². The molecule has 0 spiro atoms. The molecule has 0 fully saturated rings. The van der Waals surface area contributed by atoms with Crippen LogP contribution in [0.3, 0.4) is 0 Å². The van der Waals surface area contributed by atoms with Crippen molar-refractivity contribution in [2.45, 2.75) is 19.3 Å². The topological polar surface area (TPSA) is 18.1 Å². The maximum Gasteiger partial charge on any atom is 0.161 e. The minimum absolute atomic E-state index is 0.0439. The van der Waals surface area contributed by atoms with Gasteiger partial charge in [-0.15, -0.1) is 0 Å². The first-order valence-corrected chi connectivity index (χ1v) is 18.5. The van der Waals surface area contributed by atoms with Crippen molar-refractivity contribution in [2.24, 2.45) is 0 Å². The molecule has 248 valence electrons. The summed E-state index contributed by atoms with van der Waals surface area (Å²) in [6, 6.07) is 60.3. The molecule has 2 aromatic heterocycles.